The number of nitrogens with zero attached hydrogens (tertiary/aromatic N) is 4. The van der Waals surface area contributed by atoms with E-state index in [0.29, 0.717) is 56.3 Å². The number of rotatable bonds is 10. The molecule has 0 bridgehead atoms. The summed E-state index contributed by atoms with van der Waals surface area (Å²) in [5, 5.41) is 16.6. The number of hydrogen-bond donors (Lipinski definition) is 9. The Balaban J connectivity index is 0.000000216. The predicted octanol–water partition coefficient (Wildman–Crippen LogP) is 3.08. The van der Waals surface area contributed by atoms with Gasteiger partial charge in [0.15, 0.2) is 24.6 Å². The first-order valence-corrected chi connectivity index (χ1v) is 18.9. The van der Waals surface area contributed by atoms with Gasteiger partial charge in [0.1, 0.15) is 35.2 Å². The fourth-order valence-corrected chi connectivity index (χ4v) is 6.27. The molecule has 22 heteroatoms. The molecule has 62 heavy (non-hydrogen) atoms. The van der Waals surface area contributed by atoms with Gasteiger partial charge in [-0.05, 0) is 56.2 Å². The molecule has 0 spiro atoms. The first kappa shape index (κ1) is 43.8. The van der Waals surface area contributed by atoms with Crippen molar-refractivity contribution in [2.45, 2.75) is 52.2 Å². The van der Waals surface area contributed by atoms with Gasteiger partial charge in [-0.15, -0.1) is 12.4 Å². The molecule has 0 radical (unpaired) electrons. The molecule has 322 valence electrons. The maximum absolute atomic E-state index is 12.8. The van der Waals surface area contributed by atoms with Crippen LogP contribution < -0.4 is 47.1 Å². The van der Waals surface area contributed by atoms with Gasteiger partial charge in [-0.1, -0.05) is 12.1 Å². The van der Waals surface area contributed by atoms with E-state index in [0.717, 1.165) is 11.1 Å². The van der Waals surface area contributed by atoms with E-state index in [-0.39, 0.29) is 98.0 Å². The highest BCUT2D eigenvalue weighted by Crippen LogP contribution is 2.30. The predicted molar refractivity (Wildman–Crippen MR) is 229 cm³/mol. The van der Waals surface area contributed by atoms with Crippen molar-refractivity contribution >= 4 is 92.7 Å². The highest BCUT2D eigenvalue weighted by molar-refractivity contribution is 6.08. The second-order valence-electron chi connectivity index (χ2n) is 14.9. The van der Waals surface area contributed by atoms with Crippen LogP contribution in [-0.2, 0) is 32.3 Å². The Morgan fingerprint density at radius 2 is 1.21 bits per heavy atom. The van der Waals surface area contributed by atoms with Crippen LogP contribution in [0.4, 0.5) is 22.7 Å². The molecular weight excluding hydrogens is 826 g/mol. The molecule has 21 nitrogen and oxygen atoms in total. The summed E-state index contributed by atoms with van der Waals surface area (Å²) < 4.78 is 10.6. The zero-order valence-electron chi connectivity index (χ0n) is 33.6. The van der Waals surface area contributed by atoms with E-state index in [4.69, 9.17) is 15.2 Å². The van der Waals surface area contributed by atoms with Crippen molar-refractivity contribution in [3.63, 3.8) is 0 Å². The van der Waals surface area contributed by atoms with Crippen LogP contribution in [0, 0.1) is 0 Å². The average Bonchev–Trinajstić information content (AvgIpc) is 3.83. The molecule has 10 N–H and O–H groups in total. The van der Waals surface area contributed by atoms with E-state index in [1.165, 1.54) is 18.9 Å². The summed E-state index contributed by atoms with van der Waals surface area (Å²) in [5.74, 6) is -0.644. The largest absolute Gasteiger partial charge is 0.482 e. The Hall–Kier alpha value is -7.81. The van der Waals surface area contributed by atoms with Gasteiger partial charge < -0.3 is 57.1 Å². The summed E-state index contributed by atoms with van der Waals surface area (Å²) in [6.07, 6.45) is 5.68. The van der Waals surface area contributed by atoms with Crippen LogP contribution in [0.2, 0.25) is 0 Å². The third-order valence-corrected chi connectivity index (χ3v) is 9.01. The Bertz CT molecular complexity index is 2710. The van der Waals surface area contributed by atoms with Crippen LogP contribution in [0.1, 0.15) is 65.7 Å². The normalized spacial score (nSPS) is 12.7. The lowest BCUT2D eigenvalue weighted by Gasteiger charge is -2.20. The molecule has 2 aromatic carbocycles. The van der Waals surface area contributed by atoms with Gasteiger partial charge in [-0.25, -0.2) is 19.9 Å². The number of amides is 6. The number of fused-ring (bicyclic) bond motifs is 4. The van der Waals surface area contributed by atoms with E-state index in [2.05, 4.69) is 61.8 Å². The molecule has 0 aliphatic carbocycles. The highest BCUT2D eigenvalue weighted by atomic mass is 35.5. The first-order chi connectivity index (χ1) is 29.2. The second kappa shape index (κ2) is 18.6. The van der Waals surface area contributed by atoms with Crippen LogP contribution >= 0.6 is 12.4 Å². The molecular formula is C40H42ClN13O8. The third-order valence-electron chi connectivity index (χ3n) is 9.01. The second-order valence-corrected chi connectivity index (χ2v) is 14.9. The van der Waals surface area contributed by atoms with Crippen LogP contribution in [0.5, 0.6) is 11.5 Å². The summed E-state index contributed by atoms with van der Waals surface area (Å²) in [4.78, 5) is 94.7. The summed E-state index contributed by atoms with van der Waals surface area (Å²) >= 11 is 0. The van der Waals surface area contributed by atoms with Crippen LogP contribution in [0.15, 0.2) is 61.4 Å². The molecule has 0 saturated heterocycles. The minimum absolute atomic E-state index is 0. The molecule has 0 atom stereocenters. The van der Waals surface area contributed by atoms with Crippen molar-refractivity contribution in [2.24, 2.45) is 0 Å². The number of aromatic nitrogens is 6. The molecule has 2 aliphatic rings. The lowest BCUT2D eigenvalue weighted by molar-refractivity contribution is -0.125. The van der Waals surface area contributed by atoms with Crippen molar-refractivity contribution in [2.75, 3.05) is 34.9 Å². The average molecular weight is 868 g/mol. The van der Waals surface area contributed by atoms with Crippen molar-refractivity contribution in [1.82, 2.24) is 45.9 Å². The number of H-pyrrole nitrogens is 2. The van der Waals surface area contributed by atoms with Gasteiger partial charge in [0, 0.05) is 43.9 Å². The number of nitrogens with one attached hydrogen (secondary N) is 8. The topological polar surface area (TPSA) is 302 Å². The first-order valence-electron chi connectivity index (χ1n) is 18.9. The summed E-state index contributed by atoms with van der Waals surface area (Å²) in [6.45, 7) is 6.03. The number of aromatic amines is 2. The quantitative estimate of drug-likeness (QED) is 0.0958. The number of hydrogen-bond acceptors (Lipinski definition) is 13. The molecule has 6 amide bonds. The number of carbonyl (C=O) groups is 6. The summed E-state index contributed by atoms with van der Waals surface area (Å²) in [5.41, 5.74) is 11.0. The number of benzene rings is 2. The van der Waals surface area contributed by atoms with Gasteiger partial charge in [0.05, 0.1) is 33.8 Å². The Labute approximate surface area is 358 Å². The number of nitrogens with two attached hydrogens (primary N) is 1. The lowest BCUT2D eigenvalue weighted by atomic mass is 10.1. The monoisotopic (exact) mass is 867 g/mol. The number of halogens is 1. The van der Waals surface area contributed by atoms with E-state index in [1.807, 2.05) is 26.8 Å². The standard InChI is InChI=1S/C24H27N7O5.C16H14N6O3.ClH/c1-24(2,3)31-18(33)7-6-17(32)30-15-10-25-21-20(15)27-12-28-22(21)23(35)26-9-13-4-5-16-14(8-13)29-19(34)11-36-16;17-9-5-18-14-13(9)20-7-21-15(14)16(24)19-4-8-1-2-11-10(3-8)22-12(23)6-25-11;/h4-5,8,10,12,25H,6-7,9,11H2,1-3H3,(H,26,35)(H,29,34)(H,30,32)(H,31,33);1-3,5,7,18H,4,6,17H2,(H,19,24)(H,22,23);1H. The highest BCUT2D eigenvalue weighted by Gasteiger charge is 2.21. The molecule has 0 saturated carbocycles. The van der Waals surface area contributed by atoms with Gasteiger partial charge in [-0.2, -0.15) is 0 Å². The molecule has 2 aliphatic heterocycles. The van der Waals surface area contributed by atoms with Crippen LogP contribution in [0.3, 0.4) is 0 Å². The van der Waals surface area contributed by atoms with E-state index >= 15 is 0 Å². The Morgan fingerprint density at radius 3 is 1.76 bits per heavy atom. The molecule has 8 rings (SSSR count). The van der Waals surface area contributed by atoms with Gasteiger partial charge in [0.25, 0.3) is 23.6 Å². The molecule has 0 fully saturated rings. The molecule has 6 heterocycles. The van der Waals surface area contributed by atoms with Crippen molar-refractivity contribution in [3.8, 4) is 11.5 Å². The zero-order chi connectivity index (χ0) is 43.3. The lowest BCUT2D eigenvalue weighted by Crippen LogP contribution is -2.40. The van der Waals surface area contributed by atoms with Gasteiger partial charge >= 0.3 is 0 Å². The molecule has 4 aromatic heterocycles. The molecule has 0 unspecified atom stereocenters. The van der Waals surface area contributed by atoms with E-state index in [1.54, 1.807) is 36.5 Å². The smallest absolute Gasteiger partial charge is 0.272 e. The third kappa shape index (κ3) is 10.5. The van der Waals surface area contributed by atoms with E-state index < -0.39 is 5.91 Å². The van der Waals surface area contributed by atoms with Crippen molar-refractivity contribution in [1.29, 1.82) is 0 Å². The number of nitrogen functional groups attached to an aromatic ring is 1. The van der Waals surface area contributed by atoms with Crippen molar-refractivity contribution < 1.29 is 38.2 Å². The van der Waals surface area contributed by atoms with Crippen LogP contribution in [0.25, 0.3) is 22.1 Å². The fraction of sp³-hybridized carbons (Fsp3) is 0.250. The number of ether oxygens (including phenoxy) is 2. The molecule has 6 aromatic rings. The van der Waals surface area contributed by atoms with Gasteiger partial charge in [-0.3, -0.25) is 28.8 Å². The number of anilines is 4. The van der Waals surface area contributed by atoms with E-state index in [9.17, 15) is 28.8 Å². The minimum Gasteiger partial charge on any atom is -0.482 e. The Morgan fingerprint density at radius 1 is 0.710 bits per heavy atom. The SMILES string of the molecule is CC(C)(C)NC(=O)CCC(=O)Nc1c[nH]c2c(C(=O)NCc3ccc4c(c3)NC(=O)CO4)ncnc12.Cl.Nc1c[nH]c2c(C(=O)NCc3ccc4c(c3)NC(=O)CO4)ncnc12. The van der Waals surface area contributed by atoms with Crippen LogP contribution in [-0.4, -0.2) is 84.1 Å². The maximum atomic E-state index is 12.8. The fourth-order valence-electron chi connectivity index (χ4n) is 6.27. The Kier molecular flexibility index (Phi) is 13.1. The summed E-state index contributed by atoms with van der Waals surface area (Å²) in [6, 6.07) is 10.6. The number of carbonyl (C=O) groups excluding carboxylic acids is 6. The van der Waals surface area contributed by atoms with Crippen molar-refractivity contribution in [3.05, 3.63) is 84.0 Å². The maximum Gasteiger partial charge on any atom is 0.272 e. The zero-order valence-corrected chi connectivity index (χ0v) is 34.4. The summed E-state index contributed by atoms with van der Waals surface area (Å²) in [7, 11) is 0. The van der Waals surface area contributed by atoms with Gasteiger partial charge in [0.2, 0.25) is 11.8 Å². The minimum atomic E-state index is -0.445.